The Morgan fingerprint density at radius 1 is 1.17 bits per heavy atom. The van der Waals surface area contributed by atoms with Crippen LogP contribution >= 0.6 is 23.2 Å². The third-order valence-electron chi connectivity index (χ3n) is 5.29. The molecule has 6 heteroatoms. The van der Waals surface area contributed by atoms with E-state index in [1.807, 2.05) is 0 Å². The monoisotopic (exact) mass is 371 g/mol. The van der Waals surface area contributed by atoms with Crippen LogP contribution in [0.25, 0.3) is 0 Å². The van der Waals surface area contributed by atoms with Crippen LogP contribution in [0.3, 0.4) is 0 Å². The van der Waals surface area contributed by atoms with Gasteiger partial charge in [-0.25, -0.2) is 0 Å². The summed E-state index contributed by atoms with van der Waals surface area (Å²) >= 11 is 12.1. The highest BCUT2D eigenvalue weighted by Gasteiger charge is 2.40. The van der Waals surface area contributed by atoms with Crippen LogP contribution in [-0.4, -0.2) is 48.3 Å². The molecule has 0 amide bonds. The van der Waals surface area contributed by atoms with Crippen molar-refractivity contribution in [1.82, 2.24) is 4.90 Å². The lowest BCUT2D eigenvalue weighted by Crippen LogP contribution is -2.50. The molecule has 1 N–H and O–H groups in total. The summed E-state index contributed by atoms with van der Waals surface area (Å²) in [5.41, 5.74) is 0.752. The number of hydrogen-bond acceptors (Lipinski definition) is 3. The molecule has 1 aromatic rings. The number of halogens is 2. The van der Waals surface area contributed by atoms with Gasteiger partial charge < -0.3 is 9.84 Å². The molecule has 0 aromatic heterocycles. The molecule has 0 bridgehead atoms. The smallest absolute Gasteiger partial charge is 0.311 e. The van der Waals surface area contributed by atoms with Crippen molar-refractivity contribution in [2.45, 2.75) is 37.6 Å². The van der Waals surface area contributed by atoms with Crippen LogP contribution in [0.15, 0.2) is 18.2 Å². The molecule has 1 saturated heterocycles. The molecule has 3 atom stereocenters. The first-order chi connectivity index (χ1) is 11.6. The summed E-state index contributed by atoms with van der Waals surface area (Å²) in [4.78, 5) is 14.5. The number of nitrogens with zero attached hydrogens (tertiary/aromatic N) is 1. The average molecular weight is 372 g/mol. The zero-order valence-corrected chi connectivity index (χ0v) is 15.1. The fourth-order valence-corrected chi connectivity index (χ4v) is 4.48. The molecule has 2 aliphatic rings. The third-order valence-corrected chi connectivity index (χ3v) is 6.03. The van der Waals surface area contributed by atoms with Gasteiger partial charge in [0.15, 0.2) is 0 Å². The van der Waals surface area contributed by atoms with Crippen molar-refractivity contribution in [3.63, 3.8) is 0 Å². The van der Waals surface area contributed by atoms with Crippen LogP contribution in [0.4, 0.5) is 0 Å². The highest BCUT2D eigenvalue weighted by Crippen LogP contribution is 2.40. The van der Waals surface area contributed by atoms with Gasteiger partial charge in [0.1, 0.15) is 0 Å². The minimum atomic E-state index is -0.779. The molecule has 3 rings (SSSR count). The predicted molar refractivity (Wildman–Crippen MR) is 95.0 cm³/mol. The highest BCUT2D eigenvalue weighted by atomic mass is 35.5. The first-order valence-electron chi connectivity index (χ1n) is 8.57. The molecule has 1 unspecified atom stereocenters. The standard InChI is InChI=1S/C18H23Cl2NO3/c19-14-6-5-12(11-15(14)20)17(18(22)23)13-3-1-2-4-16(13)21-7-9-24-10-8-21/h5-6,11,13,16-17H,1-4,7-10H2,(H,22,23)/t13-,16-,17?/m1/s1. The van der Waals surface area contributed by atoms with Crippen molar-refractivity contribution in [2.24, 2.45) is 5.92 Å². The Balaban J connectivity index is 1.89. The van der Waals surface area contributed by atoms with Crippen molar-refractivity contribution < 1.29 is 14.6 Å². The summed E-state index contributed by atoms with van der Waals surface area (Å²) < 4.78 is 5.46. The van der Waals surface area contributed by atoms with E-state index < -0.39 is 11.9 Å². The molecule has 2 fully saturated rings. The molecular weight excluding hydrogens is 349 g/mol. The largest absolute Gasteiger partial charge is 0.481 e. The molecule has 132 valence electrons. The Labute approximate surface area is 152 Å². The van der Waals surface area contributed by atoms with E-state index in [-0.39, 0.29) is 5.92 Å². The van der Waals surface area contributed by atoms with Crippen molar-refractivity contribution in [3.05, 3.63) is 33.8 Å². The minimum Gasteiger partial charge on any atom is -0.481 e. The Morgan fingerprint density at radius 2 is 1.88 bits per heavy atom. The van der Waals surface area contributed by atoms with Gasteiger partial charge in [-0.05, 0) is 36.5 Å². The lowest BCUT2D eigenvalue weighted by atomic mass is 9.73. The van der Waals surface area contributed by atoms with Gasteiger partial charge in [0, 0.05) is 19.1 Å². The summed E-state index contributed by atoms with van der Waals surface area (Å²) in [5.74, 6) is -1.24. The number of carboxylic acids is 1. The van der Waals surface area contributed by atoms with E-state index in [1.54, 1.807) is 18.2 Å². The van der Waals surface area contributed by atoms with Gasteiger partial charge in [0.2, 0.25) is 0 Å². The Kier molecular flexibility index (Phi) is 6.03. The normalized spacial score (nSPS) is 26.9. The maximum absolute atomic E-state index is 12.1. The van der Waals surface area contributed by atoms with E-state index in [0.717, 1.165) is 57.6 Å². The number of ether oxygens (including phenoxy) is 1. The summed E-state index contributed by atoms with van der Waals surface area (Å²) in [6.45, 7) is 3.23. The van der Waals surface area contributed by atoms with E-state index in [1.165, 1.54) is 0 Å². The Bertz CT molecular complexity index is 590. The van der Waals surface area contributed by atoms with Crippen LogP contribution in [0.1, 0.15) is 37.2 Å². The highest BCUT2D eigenvalue weighted by molar-refractivity contribution is 6.42. The predicted octanol–water partition coefficient (Wildman–Crippen LogP) is 4.05. The minimum absolute atomic E-state index is 0.0894. The maximum atomic E-state index is 12.1. The molecule has 4 nitrogen and oxygen atoms in total. The van der Waals surface area contributed by atoms with Gasteiger partial charge >= 0.3 is 5.97 Å². The average Bonchev–Trinajstić information content (AvgIpc) is 2.59. The van der Waals surface area contributed by atoms with E-state index in [0.29, 0.717) is 16.1 Å². The topological polar surface area (TPSA) is 49.8 Å². The molecule has 1 aliphatic carbocycles. The van der Waals surface area contributed by atoms with E-state index in [4.69, 9.17) is 27.9 Å². The molecule has 1 aliphatic heterocycles. The van der Waals surface area contributed by atoms with Crippen LogP contribution in [0.2, 0.25) is 10.0 Å². The van der Waals surface area contributed by atoms with Gasteiger partial charge in [0.25, 0.3) is 0 Å². The van der Waals surface area contributed by atoms with E-state index in [9.17, 15) is 9.90 Å². The zero-order chi connectivity index (χ0) is 17.1. The maximum Gasteiger partial charge on any atom is 0.311 e. The quantitative estimate of drug-likeness (QED) is 0.866. The van der Waals surface area contributed by atoms with E-state index >= 15 is 0 Å². The second-order valence-corrected chi connectivity index (χ2v) is 7.47. The molecule has 1 aromatic carbocycles. The number of morpholine rings is 1. The van der Waals surface area contributed by atoms with Gasteiger partial charge in [0.05, 0.1) is 29.2 Å². The van der Waals surface area contributed by atoms with Crippen molar-refractivity contribution in [1.29, 1.82) is 0 Å². The molecule has 1 saturated carbocycles. The molecule has 1 heterocycles. The molecule has 24 heavy (non-hydrogen) atoms. The van der Waals surface area contributed by atoms with Crippen LogP contribution in [-0.2, 0) is 9.53 Å². The number of aliphatic carboxylic acids is 1. The Hall–Kier alpha value is -0.810. The van der Waals surface area contributed by atoms with Crippen molar-refractivity contribution >= 4 is 29.2 Å². The number of carbonyl (C=O) groups is 1. The fraction of sp³-hybridized carbons (Fsp3) is 0.611. The third kappa shape index (κ3) is 3.88. The lowest BCUT2D eigenvalue weighted by Gasteiger charge is -2.43. The first-order valence-corrected chi connectivity index (χ1v) is 9.33. The van der Waals surface area contributed by atoms with Gasteiger partial charge in [-0.2, -0.15) is 0 Å². The Morgan fingerprint density at radius 3 is 2.54 bits per heavy atom. The van der Waals surface area contributed by atoms with Crippen LogP contribution in [0.5, 0.6) is 0 Å². The molecule has 0 radical (unpaired) electrons. The molecular formula is C18H23Cl2NO3. The fourth-order valence-electron chi connectivity index (χ4n) is 4.17. The number of rotatable bonds is 4. The molecule has 0 spiro atoms. The first kappa shape index (κ1) is 18.0. The van der Waals surface area contributed by atoms with Crippen molar-refractivity contribution in [2.75, 3.05) is 26.3 Å². The summed E-state index contributed by atoms with van der Waals surface area (Å²) in [7, 11) is 0. The van der Waals surface area contributed by atoms with Crippen LogP contribution < -0.4 is 0 Å². The zero-order valence-electron chi connectivity index (χ0n) is 13.6. The van der Waals surface area contributed by atoms with Gasteiger partial charge in [-0.3, -0.25) is 9.69 Å². The van der Waals surface area contributed by atoms with E-state index in [2.05, 4.69) is 4.90 Å². The van der Waals surface area contributed by atoms with Gasteiger partial charge in [-0.1, -0.05) is 42.1 Å². The summed E-state index contributed by atoms with van der Waals surface area (Å²) in [6.07, 6.45) is 4.22. The van der Waals surface area contributed by atoms with Gasteiger partial charge in [-0.15, -0.1) is 0 Å². The van der Waals surface area contributed by atoms with Crippen molar-refractivity contribution in [3.8, 4) is 0 Å². The summed E-state index contributed by atoms with van der Waals surface area (Å²) in [6, 6.07) is 5.51. The summed E-state index contributed by atoms with van der Waals surface area (Å²) in [5, 5.41) is 10.8. The lowest BCUT2D eigenvalue weighted by molar-refractivity contribution is -0.141. The number of benzene rings is 1. The number of carboxylic acid groups (broad SMARTS) is 1. The second-order valence-electron chi connectivity index (χ2n) is 6.65. The second kappa shape index (κ2) is 8.05. The SMILES string of the molecule is O=C(O)C(c1ccc(Cl)c(Cl)c1)[C@@H]1CCCC[C@H]1N1CCOCC1. The number of hydrogen-bond donors (Lipinski definition) is 1. The van der Waals surface area contributed by atoms with Crippen LogP contribution in [0, 0.1) is 5.92 Å².